The highest BCUT2D eigenvalue weighted by Crippen LogP contribution is 2.41. The quantitative estimate of drug-likeness (QED) is 0.775. The van der Waals surface area contributed by atoms with Crippen LogP contribution in [0.4, 0.5) is 0 Å². The molecule has 17 heavy (non-hydrogen) atoms. The van der Waals surface area contributed by atoms with Crippen LogP contribution < -0.4 is 0 Å². The third-order valence-corrected chi connectivity index (χ3v) is 4.00. The molecule has 2 unspecified atom stereocenters. The number of fused-ring (bicyclic) bond motifs is 1. The summed E-state index contributed by atoms with van der Waals surface area (Å²) >= 11 is 12.4. The average Bonchev–Trinajstić information content (AvgIpc) is 2.77. The molecule has 1 N–H and O–H groups in total. The summed E-state index contributed by atoms with van der Waals surface area (Å²) in [6, 6.07) is 8.02. The molecule has 2 nitrogen and oxygen atoms in total. The summed E-state index contributed by atoms with van der Waals surface area (Å²) in [6.07, 6.45) is 3.73. The van der Waals surface area contributed by atoms with E-state index in [0.717, 1.165) is 29.1 Å². The lowest BCUT2D eigenvalue weighted by molar-refractivity contribution is 0.565. The highest BCUT2D eigenvalue weighted by Gasteiger charge is 2.28. The van der Waals surface area contributed by atoms with E-state index in [9.17, 15) is 0 Å². The predicted octanol–water partition coefficient (Wildman–Crippen LogP) is 4.07. The Balaban J connectivity index is 1.93. The minimum absolute atomic E-state index is 0.0430. The zero-order valence-corrected chi connectivity index (χ0v) is 10.7. The fourth-order valence-electron chi connectivity index (χ4n) is 2.48. The molecule has 1 heterocycles. The number of nitrogens with one attached hydrogen (secondary N) is 1. The Kier molecular flexibility index (Phi) is 2.85. The Labute approximate surface area is 110 Å². The van der Waals surface area contributed by atoms with Gasteiger partial charge < -0.3 is 0 Å². The first-order valence-electron chi connectivity index (χ1n) is 5.65. The zero-order valence-electron chi connectivity index (χ0n) is 9.16. The second-order valence-electron chi connectivity index (χ2n) is 4.46. The van der Waals surface area contributed by atoms with Crippen LogP contribution in [0, 0.1) is 0 Å². The molecule has 2 aromatic rings. The van der Waals surface area contributed by atoms with Gasteiger partial charge in [-0.15, -0.1) is 11.6 Å². The van der Waals surface area contributed by atoms with Gasteiger partial charge in [0.1, 0.15) is 0 Å². The maximum Gasteiger partial charge on any atom is 0.0624 e. The number of aromatic amines is 1. The molecule has 0 bridgehead atoms. The molecule has 4 heteroatoms. The average molecular weight is 267 g/mol. The molecule has 0 saturated heterocycles. The summed E-state index contributed by atoms with van der Waals surface area (Å²) in [6.45, 7) is 0. The largest absolute Gasteiger partial charge is 0.282 e. The topological polar surface area (TPSA) is 28.7 Å². The van der Waals surface area contributed by atoms with Crippen LogP contribution in [0.5, 0.6) is 0 Å². The Morgan fingerprint density at radius 2 is 2.24 bits per heavy atom. The number of H-pyrrole nitrogens is 1. The molecule has 88 valence electrons. The molecule has 0 radical (unpaired) electrons. The van der Waals surface area contributed by atoms with Crippen LogP contribution >= 0.6 is 23.2 Å². The highest BCUT2D eigenvalue weighted by atomic mass is 35.5. The number of hydrogen-bond donors (Lipinski definition) is 1. The Morgan fingerprint density at radius 3 is 3.06 bits per heavy atom. The van der Waals surface area contributed by atoms with Crippen LogP contribution in [0.25, 0.3) is 0 Å². The summed E-state index contributed by atoms with van der Waals surface area (Å²) < 4.78 is 0. The van der Waals surface area contributed by atoms with Gasteiger partial charge in [-0.05, 0) is 36.5 Å². The zero-order chi connectivity index (χ0) is 11.8. The number of nitrogens with zero attached hydrogens (tertiary/aromatic N) is 1. The summed E-state index contributed by atoms with van der Waals surface area (Å²) in [7, 11) is 0. The van der Waals surface area contributed by atoms with Crippen molar-refractivity contribution in [3.05, 3.63) is 52.3 Å². The molecule has 1 aliphatic rings. The molecule has 1 aromatic carbocycles. The van der Waals surface area contributed by atoms with Crippen molar-refractivity contribution in [3.63, 3.8) is 0 Å². The van der Waals surface area contributed by atoms with Gasteiger partial charge in [0.2, 0.25) is 0 Å². The van der Waals surface area contributed by atoms with E-state index in [1.54, 1.807) is 0 Å². The molecule has 2 atom stereocenters. The minimum Gasteiger partial charge on any atom is -0.282 e. The molecule has 0 saturated carbocycles. The fourth-order valence-corrected chi connectivity index (χ4v) is 3.08. The van der Waals surface area contributed by atoms with E-state index in [-0.39, 0.29) is 5.38 Å². The first-order chi connectivity index (χ1) is 8.24. The van der Waals surface area contributed by atoms with Crippen LogP contribution in [-0.2, 0) is 6.42 Å². The van der Waals surface area contributed by atoms with E-state index in [0.29, 0.717) is 5.92 Å². The minimum atomic E-state index is 0.0430. The van der Waals surface area contributed by atoms with Crippen LogP contribution in [0.1, 0.15) is 34.5 Å². The van der Waals surface area contributed by atoms with Gasteiger partial charge >= 0.3 is 0 Å². The number of halogens is 2. The Hall–Kier alpha value is -0.990. The number of rotatable bonds is 1. The summed E-state index contributed by atoms with van der Waals surface area (Å²) in [5.41, 5.74) is 3.55. The molecule has 0 fully saturated rings. The molecule has 0 aliphatic heterocycles. The first-order valence-corrected chi connectivity index (χ1v) is 6.47. The summed E-state index contributed by atoms with van der Waals surface area (Å²) in [5, 5.41) is 7.92. The number of benzene rings is 1. The van der Waals surface area contributed by atoms with E-state index in [1.165, 1.54) is 5.56 Å². The number of hydrogen-bond acceptors (Lipinski definition) is 1. The lowest BCUT2D eigenvalue weighted by atomic mass is 9.83. The van der Waals surface area contributed by atoms with Crippen LogP contribution in [0.3, 0.4) is 0 Å². The van der Waals surface area contributed by atoms with Crippen molar-refractivity contribution in [2.24, 2.45) is 0 Å². The van der Waals surface area contributed by atoms with Crippen molar-refractivity contribution in [1.29, 1.82) is 0 Å². The lowest BCUT2D eigenvalue weighted by Crippen LogP contribution is -2.13. The van der Waals surface area contributed by atoms with Gasteiger partial charge in [0.05, 0.1) is 11.6 Å². The molecule has 1 aromatic heterocycles. The highest BCUT2D eigenvalue weighted by molar-refractivity contribution is 6.30. The van der Waals surface area contributed by atoms with E-state index in [2.05, 4.69) is 16.3 Å². The van der Waals surface area contributed by atoms with Crippen molar-refractivity contribution < 1.29 is 0 Å². The third kappa shape index (κ3) is 2.07. The van der Waals surface area contributed by atoms with Gasteiger partial charge in [-0.3, -0.25) is 5.10 Å². The molecule has 1 aliphatic carbocycles. The van der Waals surface area contributed by atoms with Crippen LogP contribution in [0.2, 0.25) is 5.02 Å². The molecular weight excluding hydrogens is 255 g/mol. The van der Waals surface area contributed by atoms with Crippen molar-refractivity contribution in [2.75, 3.05) is 0 Å². The number of alkyl halides is 1. The number of aromatic nitrogens is 2. The van der Waals surface area contributed by atoms with Gasteiger partial charge in [0.15, 0.2) is 0 Å². The predicted molar refractivity (Wildman–Crippen MR) is 69.7 cm³/mol. The smallest absolute Gasteiger partial charge is 0.0624 e. The third-order valence-electron chi connectivity index (χ3n) is 3.35. The van der Waals surface area contributed by atoms with Crippen molar-refractivity contribution in [2.45, 2.75) is 24.1 Å². The van der Waals surface area contributed by atoms with E-state index in [4.69, 9.17) is 23.2 Å². The SMILES string of the molecule is Clc1cccc(C2Cc3[nH]ncc3C(Cl)C2)c1. The van der Waals surface area contributed by atoms with Gasteiger partial charge in [-0.1, -0.05) is 23.7 Å². The second kappa shape index (κ2) is 4.35. The lowest BCUT2D eigenvalue weighted by Gasteiger charge is -2.25. The first kappa shape index (κ1) is 11.1. The maximum absolute atomic E-state index is 6.38. The fraction of sp³-hybridized carbons (Fsp3) is 0.308. The monoisotopic (exact) mass is 266 g/mol. The molecule has 0 amide bonds. The Morgan fingerprint density at radius 1 is 1.35 bits per heavy atom. The van der Waals surface area contributed by atoms with Crippen molar-refractivity contribution >= 4 is 23.2 Å². The van der Waals surface area contributed by atoms with Gasteiger partial charge in [0.25, 0.3) is 0 Å². The van der Waals surface area contributed by atoms with Crippen molar-refractivity contribution in [3.8, 4) is 0 Å². The van der Waals surface area contributed by atoms with Gasteiger partial charge in [0, 0.05) is 16.3 Å². The van der Waals surface area contributed by atoms with Gasteiger partial charge in [-0.2, -0.15) is 5.10 Å². The normalized spacial score (nSPS) is 23.4. The van der Waals surface area contributed by atoms with E-state index in [1.807, 2.05) is 24.4 Å². The Bertz CT molecular complexity index is 536. The standard InChI is InChI=1S/C13H12Cl2N2/c14-10-3-1-2-8(4-10)9-5-12(15)11-7-16-17-13(11)6-9/h1-4,7,9,12H,5-6H2,(H,16,17). The molecular formula is C13H12Cl2N2. The maximum atomic E-state index is 6.38. The summed E-state index contributed by atoms with van der Waals surface area (Å²) in [4.78, 5) is 0. The van der Waals surface area contributed by atoms with E-state index < -0.39 is 0 Å². The van der Waals surface area contributed by atoms with Crippen LogP contribution in [-0.4, -0.2) is 10.2 Å². The second-order valence-corrected chi connectivity index (χ2v) is 5.43. The van der Waals surface area contributed by atoms with Crippen LogP contribution in [0.15, 0.2) is 30.5 Å². The van der Waals surface area contributed by atoms with Gasteiger partial charge in [-0.25, -0.2) is 0 Å². The molecule has 0 spiro atoms. The summed E-state index contributed by atoms with van der Waals surface area (Å²) in [5.74, 6) is 0.421. The van der Waals surface area contributed by atoms with E-state index >= 15 is 0 Å². The van der Waals surface area contributed by atoms with Crippen molar-refractivity contribution in [1.82, 2.24) is 10.2 Å². The molecule has 3 rings (SSSR count).